The van der Waals surface area contributed by atoms with Gasteiger partial charge in [0.25, 0.3) is 29.5 Å². The van der Waals surface area contributed by atoms with Crippen molar-refractivity contribution in [3.8, 4) is 57.5 Å². The third-order valence-corrected chi connectivity index (χ3v) is 30.7. The maximum absolute atomic E-state index is 13.8. The first kappa shape index (κ1) is 87.2. The average molecular weight is 1930 g/mol. The number of carbonyl (C=O) groups excluding carboxylic acids is 5. The molecule has 0 spiro atoms. The van der Waals surface area contributed by atoms with E-state index in [1.807, 2.05) is 69.5 Å². The summed E-state index contributed by atoms with van der Waals surface area (Å²) in [5.74, 6) is 3.80. The van der Waals surface area contributed by atoms with E-state index in [-0.39, 0.29) is 97.7 Å². The molecule has 26 nitrogen and oxygen atoms in total. The Kier molecular flexibility index (Phi) is 24.5. The molecule has 0 unspecified atom stereocenters. The molecule has 0 radical (unpaired) electrons. The number of phenolic OH excluding ortho intramolecular Hbond substituents is 1. The lowest BCUT2D eigenvalue weighted by atomic mass is 10.0. The van der Waals surface area contributed by atoms with Crippen LogP contribution in [0, 0.1) is 0 Å². The standard InChI is InChI=1S/C43H41N5O6S2.C41H35BrN4O6S2.C16H14N2O3S/c1-46(2)20-25-9-26(23-53-38-16-34-32(14-36(38)51-3)42(49)47-21-28-5-7-55-40(28)12-30(47)18-44-34)11-27(10-25)24-54-39-17-35-33(15-37(39)52-4)43(50)48-22-29-6-8-56-41(29)13-31(48)19-45-35;1-49-34-12-30-32(43-17-28-10-38-26(3-5-53-38)19-45(28)40(30)47)14-36(34)51-21-24-7-23(16-42)8-25(9-24)22-52-37-15-33-31(13-35(37)50-2)41(48)46-20-27-4-6-54-39(27)11-29(46)18-44-33;1-21-14-5-11-12(6-13(14)19)17-7-10-4-15-9(2-3-22-15)8-18(10)16(11)20/h5-11,14-19,30-31H,12-13,20-24H2,1-4H3;3-9,12-15,17-18,28-29H,10-11,16,19-22H2,1-2H3;2-3,5-7,10,19H,4,8H2,1H3/t30-,31-;28-,29-;10-/m000/s1. The number of fused-ring (bicyclic) bond motifs is 15. The van der Waals surface area contributed by atoms with Crippen LogP contribution in [0.25, 0.3) is 0 Å². The van der Waals surface area contributed by atoms with Crippen molar-refractivity contribution in [2.24, 2.45) is 25.0 Å². The summed E-state index contributed by atoms with van der Waals surface area (Å²) in [6, 6.07) is 39.7. The quantitative estimate of drug-likeness (QED) is 0.0695. The van der Waals surface area contributed by atoms with Crippen molar-refractivity contribution < 1.29 is 71.7 Å². The molecule has 0 saturated carbocycles. The zero-order valence-corrected chi connectivity index (χ0v) is 78.8. The van der Waals surface area contributed by atoms with E-state index in [9.17, 15) is 29.1 Å². The summed E-state index contributed by atoms with van der Waals surface area (Å²) in [6.45, 7) is 4.56. The van der Waals surface area contributed by atoms with Gasteiger partial charge in [-0.15, -0.1) is 56.7 Å². The highest BCUT2D eigenvalue weighted by Crippen LogP contribution is 2.47. The summed E-state index contributed by atoms with van der Waals surface area (Å²) < 4.78 is 53.6. The first-order valence-electron chi connectivity index (χ1n) is 43.1. The molecule has 0 bridgehead atoms. The highest BCUT2D eigenvalue weighted by Gasteiger charge is 2.41. The van der Waals surface area contributed by atoms with Crippen LogP contribution in [0.3, 0.4) is 0 Å². The number of amides is 5. The highest BCUT2D eigenvalue weighted by molar-refractivity contribution is 9.08. The molecule has 12 aromatic rings. The van der Waals surface area contributed by atoms with Gasteiger partial charge in [0.05, 0.1) is 122 Å². The molecule has 22 rings (SSSR count). The lowest BCUT2D eigenvalue weighted by Gasteiger charge is -2.32. The number of ether oxygens (including phenoxy) is 9. The molecule has 5 aromatic heterocycles. The van der Waals surface area contributed by atoms with E-state index in [1.54, 1.807) is 146 Å². The van der Waals surface area contributed by atoms with Gasteiger partial charge in [-0.25, -0.2) is 0 Å². The van der Waals surface area contributed by atoms with Crippen LogP contribution in [0.15, 0.2) is 179 Å². The van der Waals surface area contributed by atoms with Gasteiger partial charge in [0, 0.05) is 162 Å². The number of alkyl halides is 1. The SMILES string of the molecule is COc1cc2c(cc1O)N=C[C@@H]1Cc3sccc3CN1C2=O.COc1cc2c(cc1OCc1cc(CBr)cc(COc3cc4c(cc3OC)C(=O)N3Cc5ccsc5C[C@H]3C=N4)c1)N=C[C@@H]1Cc3sccc3CN1C2=O.COc1cc2c(cc1OCc1cc(COc3cc4c(cc3OC)C(=O)N3Cc5ccsc5C[C@H]3C=N4)cc(CN(C)C)c1)N=C[C@@H]1Cc3sccc3CN1C2=O. The molecule has 32 heteroatoms. The molecule has 0 fully saturated rings. The maximum atomic E-state index is 13.8. The van der Waals surface area contributed by atoms with E-state index in [2.05, 4.69) is 113 Å². The number of rotatable bonds is 20. The van der Waals surface area contributed by atoms with Gasteiger partial charge < -0.3 is 77.1 Å². The van der Waals surface area contributed by atoms with Gasteiger partial charge in [-0.1, -0.05) is 40.2 Å². The molecular formula is C100H90BrN11O15S5. The number of methoxy groups -OCH3 is 5. The number of hydrogen-bond donors (Lipinski definition) is 1. The molecule has 7 aromatic carbocycles. The van der Waals surface area contributed by atoms with Crippen LogP contribution < -0.4 is 42.6 Å². The summed E-state index contributed by atoms with van der Waals surface area (Å²) in [7, 11) is 11.8. The molecule has 5 atom stereocenters. The fourth-order valence-electron chi connectivity index (χ4n) is 18.4. The van der Waals surface area contributed by atoms with Gasteiger partial charge in [-0.2, -0.15) is 0 Å². The molecular weight excluding hydrogens is 1840 g/mol. The molecule has 0 saturated heterocycles. The monoisotopic (exact) mass is 1920 g/mol. The predicted molar refractivity (Wildman–Crippen MR) is 516 cm³/mol. The van der Waals surface area contributed by atoms with Gasteiger partial charge >= 0.3 is 0 Å². The van der Waals surface area contributed by atoms with Gasteiger partial charge in [0.2, 0.25) is 0 Å². The van der Waals surface area contributed by atoms with Crippen molar-refractivity contribution in [3.63, 3.8) is 0 Å². The maximum Gasteiger partial charge on any atom is 0.257 e. The second-order valence-corrected chi connectivity index (χ2v) is 39.3. The minimum Gasteiger partial charge on any atom is -0.504 e. The number of halogens is 1. The fourth-order valence-corrected chi connectivity index (χ4v) is 23.5. The summed E-state index contributed by atoms with van der Waals surface area (Å²) in [4.78, 5) is 110. The van der Waals surface area contributed by atoms with E-state index in [1.165, 1.54) is 65.4 Å². The third-order valence-electron chi connectivity index (χ3n) is 25.1. The Morgan fingerprint density at radius 2 is 0.561 bits per heavy atom. The number of aromatic hydroxyl groups is 1. The number of nitrogens with zero attached hydrogens (tertiary/aromatic N) is 11. The predicted octanol–water partition coefficient (Wildman–Crippen LogP) is 18.8. The summed E-state index contributed by atoms with van der Waals surface area (Å²) in [5.41, 5.74) is 17.1. The Labute approximate surface area is 790 Å². The van der Waals surface area contributed by atoms with Gasteiger partial charge in [0.15, 0.2) is 57.5 Å². The largest absolute Gasteiger partial charge is 0.504 e. The summed E-state index contributed by atoms with van der Waals surface area (Å²) >= 11 is 12.2. The smallest absolute Gasteiger partial charge is 0.257 e. The highest BCUT2D eigenvalue weighted by atomic mass is 79.9. The van der Waals surface area contributed by atoms with Crippen molar-refractivity contribution >= 4 is 162 Å². The van der Waals surface area contributed by atoms with Crippen LogP contribution in [0.5, 0.6) is 57.5 Å². The molecule has 5 amide bonds. The topological polar surface area (TPSA) is 270 Å². The first-order valence-corrected chi connectivity index (χ1v) is 48.6. The van der Waals surface area contributed by atoms with E-state index in [0.29, 0.717) is 147 Å². The zero-order chi connectivity index (χ0) is 90.7. The van der Waals surface area contributed by atoms with E-state index < -0.39 is 0 Å². The van der Waals surface area contributed by atoms with Crippen LogP contribution in [0.1, 0.15) is 137 Å². The summed E-state index contributed by atoms with van der Waals surface area (Å²) in [6.07, 6.45) is 13.1. The average Bonchev–Trinajstić information content (AvgIpc) is 1.67. The van der Waals surface area contributed by atoms with Crippen molar-refractivity contribution in [3.05, 3.63) is 268 Å². The molecule has 10 aliphatic rings. The Balaban J connectivity index is 0.000000134. The zero-order valence-electron chi connectivity index (χ0n) is 73.1. The second kappa shape index (κ2) is 37.1. The number of phenols is 1. The molecule has 0 aliphatic carbocycles. The first-order chi connectivity index (χ1) is 64.3. The van der Waals surface area contributed by atoms with Crippen LogP contribution in [-0.2, 0) is 103 Å². The Hall–Kier alpha value is -12.8. The van der Waals surface area contributed by atoms with Crippen LogP contribution in [0.2, 0.25) is 0 Å². The van der Waals surface area contributed by atoms with Crippen molar-refractivity contribution in [2.45, 2.75) is 133 Å². The molecule has 15 heterocycles. The third kappa shape index (κ3) is 17.3. The van der Waals surface area contributed by atoms with E-state index >= 15 is 0 Å². The Morgan fingerprint density at radius 3 is 0.803 bits per heavy atom. The molecule has 1 N–H and O–H groups in total. The Morgan fingerprint density at radius 1 is 0.326 bits per heavy atom. The van der Waals surface area contributed by atoms with Gasteiger partial charge in [-0.05, 0) is 175 Å². The van der Waals surface area contributed by atoms with E-state index in [0.717, 1.165) is 65.5 Å². The normalized spacial score (nSPS) is 18.2. The number of benzene rings is 7. The number of hydrogen-bond acceptors (Lipinski definition) is 26. The summed E-state index contributed by atoms with van der Waals surface area (Å²) in [5, 5.41) is 20.9. The lowest BCUT2D eigenvalue weighted by molar-refractivity contribution is 0.0697. The minimum atomic E-state index is -0.102. The van der Waals surface area contributed by atoms with Crippen molar-refractivity contribution in [2.75, 3.05) is 49.6 Å². The number of thiophene rings is 5. The number of aliphatic imine (C=N–C) groups is 5. The second-order valence-electron chi connectivity index (χ2n) is 33.7. The molecule has 672 valence electrons. The molecule has 132 heavy (non-hydrogen) atoms. The van der Waals surface area contributed by atoms with Gasteiger partial charge in [-0.3, -0.25) is 48.9 Å². The minimum absolute atomic E-state index is 0.00909. The van der Waals surface area contributed by atoms with Crippen LogP contribution in [0.4, 0.5) is 28.4 Å². The van der Waals surface area contributed by atoms with E-state index in [4.69, 9.17) is 62.6 Å². The molecule has 10 aliphatic heterocycles. The van der Waals surface area contributed by atoms with Crippen LogP contribution in [-0.4, -0.2) is 175 Å². The van der Waals surface area contributed by atoms with Crippen molar-refractivity contribution in [1.29, 1.82) is 0 Å². The fraction of sp³-hybridized carbons (Fsp3) is 0.280. The van der Waals surface area contributed by atoms with Crippen LogP contribution >= 0.6 is 72.6 Å². The number of carbonyl (C=O) groups is 5. The van der Waals surface area contributed by atoms with Gasteiger partial charge in [0.1, 0.15) is 26.4 Å². The Bertz CT molecular complexity index is 6450. The van der Waals surface area contributed by atoms with Crippen molar-refractivity contribution in [1.82, 2.24) is 29.4 Å². The lowest BCUT2D eigenvalue weighted by Crippen LogP contribution is -2.44.